The highest BCUT2D eigenvalue weighted by Gasteiger charge is 2.33. The molecule has 2 aliphatic heterocycles. The van der Waals surface area contributed by atoms with Gasteiger partial charge in [0.2, 0.25) is 21.1 Å². The van der Waals surface area contributed by atoms with E-state index >= 15 is 0 Å². The summed E-state index contributed by atoms with van der Waals surface area (Å²) in [5, 5.41) is 12.4. The lowest BCUT2D eigenvalue weighted by atomic mass is 9.97. The number of hydrogen-bond donors (Lipinski definition) is 1. The second kappa shape index (κ2) is 10.3. The van der Waals surface area contributed by atoms with E-state index in [4.69, 9.17) is 9.47 Å². The molecule has 0 saturated carbocycles. The smallest absolute Gasteiger partial charge is 0.243 e. The summed E-state index contributed by atoms with van der Waals surface area (Å²) in [5.41, 5.74) is 1.13. The number of fused-ring (bicyclic) bond motifs is 1. The van der Waals surface area contributed by atoms with Crippen LogP contribution >= 0.6 is 11.3 Å². The molecule has 0 bridgehead atoms. The van der Waals surface area contributed by atoms with Gasteiger partial charge in [-0.2, -0.15) is 4.31 Å². The molecule has 1 N–H and O–H groups in total. The van der Waals surface area contributed by atoms with Crippen molar-refractivity contribution in [3.8, 4) is 11.5 Å². The van der Waals surface area contributed by atoms with E-state index in [0.29, 0.717) is 49.1 Å². The molecule has 3 heterocycles. The molecule has 1 saturated heterocycles. The fourth-order valence-electron chi connectivity index (χ4n) is 4.16. The first kappa shape index (κ1) is 23.7. The van der Waals surface area contributed by atoms with Gasteiger partial charge in [0.25, 0.3) is 0 Å². The van der Waals surface area contributed by atoms with E-state index in [2.05, 4.69) is 15.5 Å². The monoisotopic (exact) mass is 514 g/mol. The lowest BCUT2D eigenvalue weighted by molar-refractivity contribution is -0.120. The first-order valence-electron chi connectivity index (χ1n) is 11.6. The summed E-state index contributed by atoms with van der Waals surface area (Å²) in [7, 11) is -3.70. The first-order valence-corrected chi connectivity index (χ1v) is 13.8. The predicted octanol–water partition coefficient (Wildman–Crippen LogP) is 3.33. The summed E-state index contributed by atoms with van der Waals surface area (Å²) in [6.45, 7) is 1.56. The molecule has 0 spiro atoms. The van der Waals surface area contributed by atoms with Crippen LogP contribution in [-0.2, 0) is 21.2 Å². The van der Waals surface area contributed by atoms with Gasteiger partial charge < -0.3 is 14.8 Å². The minimum Gasteiger partial charge on any atom is -0.490 e. The summed E-state index contributed by atoms with van der Waals surface area (Å²) in [4.78, 5) is 13.0. The van der Waals surface area contributed by atoms with E-state index < -0.39 is 10.0 Å². The summed E-state index contributed by atoms with van der Waals surface area (Å²) >= 11 is 1.35. The molecule has 1 aromatic heterocycles. The molecule has 184 valence electrons. The van der Waals surface area contributed by atoms with Crippen LogP contribution in [0.1, 0.15) is 29.8 Å². The Morgan fingerprint density at radius 3 is 2.54 bits per heavy atom. The number of aromatic nitrogens is 2. The Balaban J connectivity index is 1.17. The van der Waals surface area contributed by atoms with E-state index in [-0.39, 0.29) is 29.8 Å². The third kappa shape index (κ3) is 5.47. The maximum atomic E-state index is 13.2. The summed E-state index contributed by atoms with van der Waals surface area (Å²) < 4.78 is 39.0. The summed E-state index contributed by atoms with van der Waals surface area (Å²) in [6, 6.07) is 14.7. The van der Waals surface area contributed by atoms with Crippen LogP contribution in [0.3, 0.4) is 0 Å². The highest BCUT2D eigenvalue weighted by Crippen LogP contribution is 2.34. The van der Waals surface area contributed by atoms with Crippen molar-refractivity contribution in [1.29, 1.82) is 0 Å². The van der Waals surface area contributed by atoms with Gasteiger partial charge in [-0.25, -0.2) is 8.42 Å². The molecule has 0 unspecified atom stereocenters. The molecule has 0 aliphatic carbocycles. The number of ether oxygens (including phenoxy) is 2. The molecule has 1 amide bonds. The van der Waals surface area contributed by atoms with Crippen molar-refractivity contribution in [3.05, 3.63) is 59.1 Å². The van der Waals surface area contributed by atoms with Gasteiger partial charge >= 0.3 is 0 Å². The Hall–Kier alpha value is -3.02. The second-order valence-electron chi connectivity index (χ2n) is 8.49. The van der Waals surface area contributed by atoms with Gasteiger partial charge in [0.05, 0.1) is 18.1 Å². The number of rotatable bonds is 6. The molecule has 3 aromatic rings. The lowest BCUT2D eigenvalue weighted by Gasteiger charge is -2.30. The van der Waals surface area contributed by atoms with Crippen LogP contribution in [0.4, 0.5) is 5.13 Å². The normalized spacial score (nSPS) is 17.0. The second-order valence-corrected chi connectivity index (χ2v) is 11.5. The Morgan fingerprint density at radius 2 is 1.77 bits per heavy atom. The average Bonchev–Trinajstić information content (AvgIpc) is 3.17. The van der Waals surface area contributed by atoms with E-state index in [0.717, 1.165) is 17.0 Å². The molecule has 11 heteroatoms. The van der Waals surface area contributed by atoms with E-state index in [9.17, 15) is 13.2 Å². The van der Waals surface area contributed by atoms with Crippen molar-refractivity contribution < 1.29 is 22.7 Å². The minimum absolute atomic E-state index is 0.153. The number of piperidine rings is 1. The Labute approximate surface area is 208 Å². The van der Waals surface area contributed by atoms with Gasteiger partial charge in [0.1, 0.15) is 5.01 Å². The van der Waals surface area contributed by atoms with Crippen molar-refractivity contribution in [2.75, 3.05) is 31.6 Å². The molecule has 9 nitrogen and oxygen atoms in total. The summed E-state index contributed by atoms with van der Waals surface area (Å²) in [5.74, 6) is 0.564. The van der Waals surface area contributed by atoms with Crippen LogP contribution < -0.4 is 14.8 Å². The van der Waals surface area contributed by atoms with Gasteiger partial charge in [-0.3, -0.25) is 4.79 Å². The van der Waals surface area contributed by atoms with Gasteiger partial charge in [-0.05, 0) is 30.5 Å². The lowest BCUT2D eigenvalue weighted by Crippen LogP contribution is -2.41. The van der Waals surface area contributed by atoms with E-state index in [1.807, 2.05) is 30.3 Å². The standard InChI is InChI=1S/C24H26N4O5S2/c29-23(25-24-27-26-22(34-24)15-17-5-2-1-3-6-17)18-9-11-28(12-10-18)35(30,31)19-7-8-20-21(16-19)33-14-4-13-32-20/h1-3,5-8,16,18H,4,9-15H2,(H,25,27,29). The number of carbonyl (C=O) groups is 1. The number of carbonyl (C=O) groups excluding carboxylic acids is 1. The fourth-order valence-corrected chi connectivity index (χ4v) is 6.43. The molecule has 35 heavy (non-hydrogen) atoms. The quantitative estimate of drug-likeness (QED) is 0.537. The molecule has 5 rings (SSSR count). The van der Waals surface area contributed by atoms with Crippen LogP contribution in [0.15, 0.2) is 53.4 Å². The summed E-state index contributed by atoms with van der Waals surface area (Å²) in [6.07, 6.45) is 2.28. The average molecular weight is 515 g/mol. The van der Waals surface area contributed by atoms with Crippen molar-refractivity contribution in [1.82, 2.24) is 14.5 Å². The number of nitrogens with zero attached hydrogens (tertiary/aromatic N) is 3. The van der Waals surface area contributed by atoms with Crippen LogP contribution in [-0.4, -0.2) is 55.1 Å². The molecule has 0 atom stereocenters. The SMILES string of the molecule is O=C(Nc1nnc(Cc2ccccc2)s1)C1CCN(S(=O)(=O)c2ccc3c(c2)OCCCO3)CC1. The maximum absolute atomic E-state index is 13.2. The zero-order chi connectivity index (χ0) is 24.3. The van der Waals surface area contributed by atoms with Gasteiger partial charge in [0, 0.05) is 37.9 Å². The molecule has 2 aliphatic rings. The number of hydrogen-bond acceptors (Lipinski definition) is 8. The van der Waals surface area contributed by atoms with Crippen LogP contribution in [0.2, 0.25) is 0 Å². The highest BCUT2D eigenvalue weighted by molar-refractivity contribution is 7.89. The maximum Gasteiger partial charge on any atom is 0.243 e. The topological polar surface area (TPSA) is 111 Å². The Kier molecular flexibility index (Phi) is 6.98. The Bertz CT molecular complexity index is 1290. The number of anilines is 1. The van der Waals surface area contributed by atoms with Crippen LogP contribution in [0, 0.1) is 5.92 Å². The van der Waals surface area contributed by atoms with E-state index in [1.54, 1.807) is 12.1 Å². The molecule has 0 radical (unpaired) electrons. The highest BCUT2D eigenvalue weighted by atomic mass is 32.2. The largest absolute Gasteiger partial charge is 0.490 e. The Morgan fingerprint density at radius 1 is 1.03 bits per heavy atom. The number of benzene rings is 2. The van der Waals surface area contributed by atoms with Crippen molar-refractivity contribution in [2.24, 2.45) is 5.92 Å². The first-order chi connectivity index (χ1) is 17.0. The third-order valence-corrected chi connectivity index (χ3v) is 8.81. The van der Waals surface area contributed by atoms with Gasteiger partial charge in [0.15, 0.2) is 11.5 Å². The minimum atomic E-state index is -3.70. The number of nitrogens with one attached hydrogen (secondary N) is 1. The zero-order valence-corrected chi connectivity index (χ0v) is 20.7. The molecular formula is C24H26N4O5S2. The third-order valence-electron chi connectivity index (χ3n) is 6.08. The van der Waals surface area contributed by atoms with Crippen LogP contribution in [0.25, 0.3) is 0 Å². The van der Waals surface area contributed by atoms with Gasteiger partial charge in [-0.1, -0.05) is 41.7 Å². The zero-order valence-electron chi connectivity index (χ0n) is 19.1. The number of sulfonamides is 1. The van der Waals surface area contributed by atoms with Crippen LogP contribution in [0.5, 0.6) is 11.5 Å². The van der Waals surface area contributed by atoms with Crippen molar-refractivity contribution >= 4 is 32.4 Å². The van der Waals surface area contributed by atoms with E-state index in [1.165, 1.54) is 21.7 Å². The molecule has 2 aromatic carbocycles. The molecular weight excluding hydrogens is 488 g/mol. The fraction of sp³-hybridized carbons (Fsp3) is 0.375. The molecule has 1 fully saturated rings. The van der Waals surface area contributed by atoms with Crippen molar-refractivity contribution in [2.45, 2.75) is 30.6 Å². The van der Waals surface area contributed by atoms with Gasteiger partial charge in [-0.15, -0.1) is 10.2 Å². The predicted molar refractivity (Wildman–Crippen MR) is 131 cm³/mol. The van der Waals surface area contributed by atoms with Crippen molar-refractivity contribution in [3.63, 3.8) is 0 Å². The number of amides is 1.